The number of amides is 1. The van der Waals surface area contributed by atoms with E-state index < -0.39 is 10.1 Å². The molecule has 0 radical (unpaired) electrons. The van der Waals surface area contributed by atoms with Crippen LogP contribution in [0.4, 0.5) is 5.69 Å². The summed E-state index contributed by atoms with van der Waals surface area (Å²) in [5.74, 6) is -0.0622. The number of methoxy groups -OCH3 is 1. The number of ether oxygens (including phenoxy) is 1. The number of aryl methyl sites for hydroxylation is 1. The molecule has 0 unspecified atom stereocenters. The van der Waals surface area contributed by atoms with Crippen LogP contribution >= 0.6 is 11.6 Å². The molecule has 8 heteroatoms. The zero-order chi connectivity index (χ0) is 22.4. The second-order valence-corrected chi connectivity index (χ2v) is 8.58. The highest BCUT2D eigenvalue weighted by molar-refractivity contribution is 7.87. The molecule has 0 bridgehead atoms. The second kappa shape index (κ2) is 9.68. The van der Waals surface area contributed by atoms with Gasteiger partial charge in [-0.2, -0.15) is 8.42 Å². The van der Waals surface area contributed by atoms with E-state index in [1.165, 1.54) is 43.5 Å². The third-order valence-corrected chi connectivity index (χ3v) is 5.70. The molecule has 0 spiro atoms. The number of anilines is 1. The fourth-order valence-electron chi connectivity index (χ4n) is 2.70. The molecule has 0 heterocycles. The number of rotatable bonds is 7. The molecule has 0 fully saturated rings. The topological polar surface area (TPSA) is 81.7 Å². The molecule has 0 atom stereocenters. The van der Waals surface area contributed by atoms with Crippen LogP contribution in [0.3, 0.4) is 0 Å². The van der Waals surface area contributed by atoms with E-state index in [0.29, 0.717) is 16.3 Å². The van der Waals surface area contributed by atoms with Crippen molar-refractivity contribution >= 4 is 39.4 Å². The highest BCUT2D eigenvalue weighted by Crippen LogP contribution is 2.31. The Morgan fingerprint density at radius 1 is 1.00 bits per heavy atom. The average molecular weight is 458 g/mol. The Kier molecular flexibility index (Phi) is 6.99. The summed E-state index contributed by atoms with van der Waals surface area (Å²) >= 11 is 5.80. The highest BCUT2D eigenvalue weighted by Gasteiger charge is 2.19. The average Bonchev–Trinajstić information content (AvgIpc) is 2.73. The molecule has 0 saturated heterocycles. The van der Waals surface area contributed by atoms with Crippen molar-refractivity contribution in [3.05, 3.63) is 89.0 Å². The van der Waals surface area contributed by atoms with E-state index in [9.17, 15) is 13.2 Å². The lowest BCUT2D eigenvalue weighted by molar-refractivity contribution is -0.111. The molecular weight excluding hydrogens is 438 g/mol. The van der Waals surface area contributed by atoms with Crippen molar-refractivity contribution in [2.75, 3.05) is 12.4 Å². The fraction of sp³-hybridized carbons (Fsp3) is 0.0870. The standard InChI is InChI=1S/C23H20ClNO5S/c1-16-4-3-5-19(14-16)25-23(26)13-7-17-6-12-21(22(15-17)29-2)30-31(27,28)20-10-8-18(24)9-11-20/h3-15H,1-2H3,(H,25,26)/b13-7+. The first-order valence-corrected chi connectivity index (χ1v) is 11.0. The maximum Gasteiger partial charge on any atom is 0.339 e. The van der Waals surface area contributed by atoms with Crippen LogP contribution in [0.1, 0.15) is 11.1 Å². The Morgan fingerprint density at radius 3 is 2.42 bits per heavy atom. The Bertz CT molecular complexity index is 1220. The number of halogens is 1. The van der Waals surface area contributed by atoms with Gasteiger partial charge >= 0.3 is 10.1 Å². The summed E-state index contributed by atoms with van der Waals surface area (Å²) < 4.78 is 35.5. The summed E-state index contributed by atoms with van der Waals surface area (Å²) in [4.78, 5) is 12.1. The Morgan fingerprint density at radius 2 is 1.74 bits per heavy atom. The number of carbonyl (C=O) groups excluding carboxylic acids is 1. The van der Waals surface area contributed by atoms with Crippen molar-refractivity contribution in [3.63, 3.8) is 0 Å². The van der Waals surface area contributed by atoms with Crippen LogP contribution in [0.2, 0.25) is 5.02 Å². The van der Waals surface area contributed by atoms with Crippen molar-refractivity contribution in [3.8, 4) is 11.5 Å². The van der Waals surface area contributed by atoms with Gasteiger partial charge < -0.3 is 14.2 Å². The van der Waals surface area contributed by atoms with Crippen molar-refractivity contribution < 1.29 is 22.1 Å². The van der Waals surface area contributed by atoms with Crippen molar-refractivity contribution in [2.24, 2.45) is 0 Å². The maximum atomic E-state index is 12.5. The van der Waals surface area contributed by atoms with Gasteiger partial charge in [0.25, 0.3) is 0 Å². The molecule has 31 heavy (non-hydrogen) atoms. The van der Waals surface area contributed by atoms with E-state index in [2.05, 4.69) is 5.32 Å². The van der Waals surface area contributed by atoms with E-state index >= 15 is 0 Å². The summed E-state index contributed by atoms with van der Waals surface area (Å²) in [6.45, 7) is 1.94. The van der Waals surface area contributed by atoms with Gasteiger partial charge in [0.2, 0.25) is 5.91 Å². The first-order valence-electron chi connectivity index (χ1n) is 9.21. The van der Waals surface area contributed by atoms with Gasteiger partial charge in [0.1, 0.15) is 4.90 Å². The monoisotopic (exact) mass is 457 g/mol. The van der Waals surface area contributed by atoms with Crippen LogP contribution in [-0.2, 0) is 14.9 Å². The number of carbonyl (C=O) groups is 1. The van der Waals surface area contributed by atoms with Crippen LogP contribution in [-0.4, -0.2) is 21.4 Å². The maximum absolute atomic E-state index is 12.5. The summed E-state index contributed by atoms with van der Waals surface area (Å²) in [5.41, 5.74) is 2.37. The smallest absolute Gasteiger partial charge is 0.339 e. The summed E-state index contributed by atoms with van der Waals surface area (Å²) in [6.07, 6.45) is 2.97. The molecule has 0 saturated carbocycles. The number of hydrogen-bond acceptors (Lipinski definition) is 5. The third-order valence-electron chi connectivity index (χ3n) is 4.20. The fourth-order valence-corrected chi connectivity index (χ4v) is 3.77. The summed E-state index contributed by atoms with van der Waals surface area (Å²) in [6, 6.07) is 17.7. The Balaban J connectivity index is 1.74. The van der Waals surface area contributed by atoms with Gasteiger partial charge in [-0.1, -0.05) is 29.8 Å². The van der Waals surface area contributed by atoms with Crippen molar-refractivity contribution in [1.82, 2.24) is 0 Å². The molecule has 3 aromatic rings. The van der Waals surface area contributed by atoms with Gasteiger partial charge in [-0.15, -0.1) is 0 Å². The molecule has 3 rings (SSSR count). The lowest BCUT2D eigenvalue weighted by atomic mass is 10.2. The lowest BCUT2D eigenvalue weighted by Crippen LogP contribution is -2.10. The zero-order valence-corrected chi connectivity index (χ0v) is 18.4. The molecule has 1 amide bonds. The van der Waals surface area contributed by atoms with Crippen LogP contribution in [0.25, 0.3) is 6.08 Å². The number of nitrogens with one attached hydrogen (secondary N) is 1. The Hall–Kier alpha value is -3.29. The van der Waals surface area contributed by atoms with Gasteiger partial charge in [0.15, 0.2) is 11.5 Å². The molecule has 6 nitrogen and oxygen atoms in total. The van der Waals surface area contributed by atoms with Crippen molar-refractivity contribution in [2.45, 2.75) is 11.8 Å². The van der Waals surface area contributed by atoms with Gasteiger partial charge in [-0.05, 0) is 72.7 Å². The van der Waals surface area contributed by atoms with Crippen LogP contribution in [0.5, 0.6) is 11.5 Å². The summed E-state index contributed by atoms with van der Waals surface area (Å²) in [7, 11) is -2.66. The molecule has 3 aromatic carbocycles. The van der Waals surface area contributed by atoms with Crippen molar-refractivity contribution in [1.29, 1.82) is 0 Å². The molecular formula is C23H20ClNO5S. The minimum absolute atomic E-state index is 0.0267. The predicted octanol–water partition coefficient (Wildman–Crippen LogP) is 5.08. The third kappa shape index (κ3) is 6.10. The highest BCUT2D eigenvalue weighted by atomic mass is 35.5. The van der Waals surface area contributed by atoms with Crippen LogP contribution in [0.15, 0.2) is 77.7 Å². The minimum Gasteiger partial charge on any atom is -0.493 e. The molecule has 1 N–H and O–H groups in total. The first kappa shape index (κ1) is 22.4. The van der Waals surface area contributed by atoms with Gasteiger partial charge in [-0.3, -0.25) is 4.79 Å². The molecule has 0 aromatic heterocycles. The largest absolute Gasteiger partial charge is 0.493 e. The molecule has 0 aliphatic rings. The van der Waals surface area contributed by atoms with E-state index in [-0.39, 0.29) is 22.3 Å². The first-order chi connectivity index (χ1) is 14.8. The summed E-state index contributed by atoms with van der Waals surface area (Å²) in [5, 5.41) is 3.19. The van der Waals surface area contributed by atoms with E-state index in [1.54, 1.807) is 24.3 Å². The molecule has 160 valence electrons. The quantitative estimate of drug-likeness (QED) is 0.395. The number of benzene rings is 3. The zero-order valence-electron chi connectivity index (χ0n) is 16.8. The van der Waals surface area contributed by atoms with E-state index in [1.807, 2.05) is 25.1 Å². The Labute approximate surface area is 186 Å². The van der Waals surface area contributed by atoms with Gasteiger partial charge in [-0.25, -0.2) is 0 Å². The number of hydrogen-bond donors (Lipinski definition) is 1. The van der Waals surface area contributed by atoms with Crippen LogP contribution < -0.4 is 14.2 Å². The predicted molar refractivity (Wildman–Crippen MR) is 121 cm³/mol. The van der Waals surface area contributed by atoms with E-state index in [0.717, 1.165) is 5.56 Å². The van der Waals surface area contributed by atoms with E-state index in [4.69, 9.17) is 20.5 Å². The normalized spacial score (nSPS) is 11.3. The molecule has 0 aliphatic heterocycles. The second-order valence-electron chi connectivity index (χ2n) is 6.59. The van der Waals surface area contributed by atoms with Gasteiger partial charge in [0, 0.05) is 16.8 Å². The SMILES string of the molecule is COc1cc(/C=C/C(=O)Nc2cccc(C)c2)ccc1OS(=O)(=O)c1ccc(Cl)cc1. The molecule has 0 aliphatic carbocycles. The lowest BCUT2D eigenvalue weighted by Gasteiger charge is -2.11. The van der Waals surface area contributed by atoms with Gasteiger partial charge in [0.05, 0.1) is 7.11 Å². The minimum atomic E-state index is -4.06. The van der Waals surface area contributed by atoms with Crippen LogP contribution in [0, 0.1) is 6.92 Å².